The number of guanidine groups is 1. The highest BCUT2D eigenvalue weighted by Crippen LogP contribution is 2.21. The van der Waals surface area contributed by atoms with Crippen molar-refractivity contribution in [3.63, 3.8) is 0 Å². The van der Waals surface area contributed by atoms with Crippen molar-refractivity contribution in [3.8, 4) is 5.75 Å². The molecule has 0 unspecified atom stereocenters. The summed E-state index contributed by atoms with van der Waals surface area (Å²) in [5, 5.41) is 7.91. The van der Waals surface area contributed by atoms with Crippen LogP contribution < -0.4 is 10.1 Å². The van der Waals surface area contributed by atoms with E-state index in [-0.39, 0.29) is 0 Å². The first-order valence-corrected chi connectivity index (χ1v) is 9.50. The van der Waals surface area contributed by atoms with Crippen LogP contribution in [0.2, 0.25) is 0 Å². The Balaban J connectivity index is 2.10. The molecule has 29 heavy (non-hydrogen) atoms. The molecule has 0 saturated heterocycles. The van der Waals surface area contributed by atoms with E-state index < -0.39 is 5.97 Å². The van der Waals surface area contributed by atoms with E-state index in [1.54, 1.807) is 19.2 Å². The lowest BCUT2D eigenvalue weighted by Gasteiger charge is -2.22. The summed E-state index contributed by atoms with van der Waals surface area (Å²) in [5.41, 5.74) is 3.58. The van der Waals surface area contributed by atoms with Crippen molar-refractivity contribution < 1.29 is 14.3 Å². The van der Waals surface area contributed by atoms with Gasteiger partial charge in [0.15, 0.2) is 5.96 Å². The summed E-state index contributed by atoms with van der Waals surface area (Å²) in [7, 11) is 8.55. The number of carbonyl (C=O) groups is 1. The van der Waals surface area contributed by atoms with Crippen LogP contribution >= 0.6 is 0 Å². The molecule has 0 spiro atoms. The number of rotatable bonds is 7. The van der Waals surface area contributed by atoms with Gasteiger partial charge in [0.05, 0.1) is 19.9 Å². The molecule has 8 heteroatoms. The summed E-state index contributed by atoms with van der Waals surface area (Å²) in [6.45, 7) is 5.48. The number of aromatic nitrogens is 2. The van der Waals surface area contributed by atoms with Crippen LogP contribution in [0.4, 0.5) is 0 Å². The zero-order valence-electron chi connectivity index (χ0n) is 18.3. The normalized spacial score (nSPS) is 11.5. The molecule has 2 rings (SSSR count). The molecule has 0 saturated carbocycles. The average molecular weight is 402 g/mol. The molecule has 2 aromatic rings. The molecule has 0 radical (unpaired) electrons. The highest BCUT2D eigenvalue weighted by molar-refractivity contribution is 5.92. The Hall–Kier alpha value is -3.03. The summed E-state index contributed by atoms with van der Waals surface area (Å²) >= 11 is 0. The van der Waals surface area contributed by atoms with E-state index in [4.69, 9.17) is 9.47 Å². The fourth-order valence-corrected chi connectivity index (χ4v) is 3.19. The van der Waals surface area contributed by atoms with Gasteiger partial charge in [0.1, 0.15) is 11.3 Å². The maximum atomic E-state index is 12.0. The molecule has 1 N–H and O–H groups in total. The van der Waals surface area contributed by atoms with Crippen LogP contribution in [-0.4, -0.2) is 54.9 Å². The molecule has 1 heterocycles. The lowest BCUT2D eigenvalue weighted by atomic mass is 10.1. The Morgan fingerprint density at radius 1 is 1.34 bits per heavy atom. The first kappa shape index (κ1) is 22.3. The number of hydrogen-bond acceptors (Lipinski definition) is 5. The van der Waals surface area contributed by atoms with Crippen LogP contribution in [-0.2, 0) is 24.9 Å². The monoisotopic (exact) mass is 401 g/mol. The second kappa shape index (κ2) is 9.95. The molecule has 1 aromatic heterocycles. The van der Waals surface area contributed by atoms with Crippen LogP contribution in [0.25, 0.3) is 0 Å². The first-order valence-electron chi connectivity index (χ1n) is 9.50. The minimum atomic E-state index is -0.428. The van der Waals surface area contributed by atoms with E-state index in [0.29, 0.717) is 30.3 Å². The third-order valence-corrected chi connectivity index (χ3v) is 4.58. The number of aryl methyl sites for hydroxylation is 1. The number of carbonyl (C=O) groups excluding carboxylic acids is 1. The van der Waals surface area contributed by atoms with Crippen molar-refractivity contribution in [3.05, 3.63) is 46.8 Å². The molecule has 158 valence electrons. The molecular weight excluding hydrogens is 370 g/mol. The maximum absolute atomic E-state index is 12.0. The zero-order valence-corrected chi connectivity index (χ0v) is 18.3. The Morgan fingerprint density at radius 2 is 2.07 bits per heavy atom. The van der Waals surface area contributed by atoms with Crippen LogP contribution in [0, 0.1) is 0 Å². The van der Waals surface area contributed by atoms with Gasteiger partial charge in [0.2, 0.25) is 0 Å². The fraction of sp³-hybridized carbons (Fsp3) is 0.476. The van der Waals surface area contributed by atoms with E-state index in [9.17, 15) is 4.79 Å². The van der Waals surface area contributed by atoms with Gasteiger partial charge in [-0.2, -0.15) is 5.10 Å². The standard InChI is InChI=1S/C21H31N5O3/c1-14(2)19-16(13-26(5)24-19)12-25(4)21(22-3)23-11-15-8-9-18(28-6)17(10-15)20(27)29-7/h8-10,13-14H,11-12H2,1-7H3,(H,22,23). The second-order valence-corrected chi connectivity index (χ2v) is 7.15. The molecular formula is C21H31N5O3. The number of aliphatic imine (C=N–C) groups is 1. The van der Waals surface area contributed by atoms with Crippen molar-refractivity contribution >= 4 is 11.9 Å². The molecule has 0 aliphatic heterocycles. The van der Waals surface area contributed by atoms with Crippen molar-refractivity contribution in [2.24, 2.45) is 12.0 Å². The molecule has 0 aliphatic rings. The van der Waals surface area contributed by atoms with Crippen LogP contribution in [0.1, 0.15) is 46.9 Å². The highest BCUT2D eigenvalue weighted by atomic mass is 16.5. The number of nitrogens with one attached hydrogen (secondary N) is 1. The summed E-state index contributed by atoms with van der Waals surface area (Å²) in [6, 6.07) is 5.44. The van der Waals surface area contributed by atoms with Gasteiger partial charge < -0.3 is 19.7 Å². The van der Waals surface area contributed by atoms with Crippen molar-refractivity contribution in [1.29, 1.82) is 0 Å². The predicted octanol–water partition coefficient (Wildman–Crippen LogP) is 2.55. The van der Waals surface area contributed by atoms with E-state index in [2.05, 4.69) is 29.3 Å². The molecule has 0 aliphatic carbocycles. The molecule has 8 nitrogen and oxygen atoms in total. The topological polar surface area (TPSA) is 81.0 Å². The number of esters is 1. The fourth-order valence-electron chi connectivity index (χ4n) is 3.19. The lowest BCUT2D eigenvalue weighted by Crippen LogP contribution is -2.38. The van der Waals surface area contributed by atoms with Gasteiger partial charge in [0, 0.05) is 46.0 Å². The minimum absolute atomic E-state index is 0.352. The minimum Gasteiger partial charge on any atom is -0.496 e. The number of benzene rings is 1. The molecule has 1 aromatic carbocycles. The maximum Gasteiger partial charge on any atom is 0.341 e. The number of ether oxygens (including phenoxy) is 2. The summed E-state index contributed by atoms with van der Waals surface area (Å²) in [6.07, 6.45) is 2.05. The van der Waals surface area contributed by atoms with Crippen LogP contribution in [0.5, 0.6) is 5.75 Å². The highest BCUT2D eigenvalue weighted by Gasteiger charge is 2.16. The SMILES string of the molecule is CN=C(NCc1ccc(OC)c(C(=O)OC)c1)N(C)Cc1cn(C)nc1C(C)C. The van der Waals surface area contributed by atoms with E-state index in [1.165, 1.54) is 19.8 Å². The van der Waals surface area contributed by atoms with E-state index in [0.717, 1.165) is 17.2 Å². The summed E-state index contributed by atoms with van der Waals surface area (Å²) in [5.74, 6) is 1.16. The number of methoxy groups -OCH3 is 2. The Bertz CT molecular complexity index is 873. The van der Waals surface area contributed by atoms with Gasteiger partial charge in [-0.3, -0.25) is 9.67 Å². The largest absolute Gasteiger partial charge is 0.496 e. The molecule has 0 amide bonds. The Morgan fingerprint density at radius 3 is 2.66 bits per heavy atom. The second-order valence-electron chi connectivity index (χ2n) is 7.15. The van der Waals surface area contributed by atoms with E-state index in [1.807, 2.05) is 35.9 Å². The number of nitrogens with zero attached hydrogens (tertiary/aromatic N) is 4. The van der Waals surface area contributed by atoms with Gasteiger partial charge in [-0.15, -0.1) is 0 Å². The zero-order chi connectivity index (χ0) is 21.6. The van der Waals surface area contributed by atoms with Crippen LogP contribution in [0.15, 0.2) is 29.4 Å². The van der Waals surface area contributed by atoms with E-state index >= 15 is 0 Å². The Kier molecular flexibility index (Phi) is 7.64. The summed E-state index contributed by atoms with van der Waals surface area (Å²) < 4.78 is 11.9. The van der Waals surface area contributed by atoms with Gasteiger partial charge in [-0.25, -0.2) is 4.79 Å². The van der Waals surface area contributed by atoms with Crippen molar-refractivity contribution in [2.45, 2.75) is 32.9 Å². The predicted molar refractivity (Wildman–Crippen MR) is 113 cm³/mol. The van der Waals surface area contributed by atoms with Gasteiger partial charge in [0.25, 0.3) is 0 Å². The van der Waals surface area contributed by atoms with Crippen molar-refractivity contribution in [1.82, 2.24) is 20.0 Å². The molecule has 0 atom stereocenters. The van der Waals surface area contributed by atoms with Gasteiger partial charge in [-0.1, -0.05) is 19.9 Å². The van der Waals surface area contributed by atoms with Gasteiger partial charge in [-0.05, 0) is 23.6 Å². The Labute approximate surface area is 172 Å². The quantitative estimate of drug-likeness (QED) is 0.436. The third-order valence-electron chi connectivity index (χ3n) is 4.58. The number of hydrogen-bond donors (Lipinski definition) is 1. The molecule has 0 fully saturated rings. The lowest BCUT2D eigenvalue weighted by molar-refractivity contribution is 0.0597. The molecule has 0 bridgehead atoms. The summed E-state index contributed by atoms with van der Waals surface area (Å²) in [4.78, 5) is 18.4. The van der Waals surface area contributed by atoms with Crippen LogP contribution in [0.3, 0.4) is 0 Å². The smallest absolute Gasteiger partial charge is 0.341 e. The average Bonchev–Trinajstić information content (AvgIpc) is 3.07. The third kappa shape index (κ3) is 5.49. The first-order chi connectivity index (χ1) is 13.8. The van der Waals surface area contributed by atoms with Gasteiger partial charge >= 0.3 is 5.97 Å². The van der Waals surface area contributed by atoms with Crippen molar-refractivity contribution in [2.75, 3.05) is 28.3 Å².